The summed E-state index contributed by atoms with van der Waals surface area (Å²) >= 11 is 0. The molecule has 2 aromatic rings. The first-order valence-corrected chi connectivity index (χ1v) is 8.62. The smallest absolute Gasteiger partial charge is 0.119 e. The molecule has 0 radical (unpaired) electrons. The van der Waals surface area contributed by atoms with Crippen LogP contribution in [0.2, 0.25) is 0 Å². The summed E-state index contributed by atoms with van der Waals surface area (Å²) in [4.78, 5) is 0. The van der Waals surface area contributed by atoms with Gasteiger partial charge in [-0.3, -0.25) is 0 Å². The van der Waals surface area contributed by atoms with Gasteiger partial charge in [0.1, 0.15) is 5.75 Å². The van der Waals surface area contributed by atoms with Gasteiger partial charge in [-0.15, -0.1) is 0 Å². The molecule has 2 nitrogen and oxygen atoms in total. The van der Waals surface area contributed by atoms with Gasteiger partial charge in [0.05, 0.1) is 6.61 Å². The number of hydrogen-bond donors (Lipinski definition) is 1. The van der Waals surface area contributed by atoms with E-state index in [9.17, 15) is 0 Å². The number of hydrogen-bond acceptors (Lipinski definition) is 2. The van der Waals surface area contributed by atoms with E-state index in [1.165, 1.54) is 24.0 Å². The number of nitrogens with two attached hydrogens (primary N) is 1. The molecule has 23 heavy (non-hydrogen) atoms. The zero-order valence-corrected chi connectivity index (χ0v) is 14.2. The van der Waals surface area contributed by atoms with Crippen molar-refractivity contribution in [1.29, 1.82) is 0 Å². The van der Waals surface area contributed by atoms with Crippen LogP contribution in [0.1, 0.15) is 44.2 Å². The first kappa shape index (κ1) is 16.1. The van der Waals surface area contributed by atoms with Gasteiger partial charge in [0, 0.05) is 17.4 Å². The minimum absolute atomic E-state index is 0.00635. The third-order valence-corrected chi connectivity index (χ3v) is 5.25. The molecule has 0 aromatic heterocycles. The highest BCUT2D eigenvalue weighted by Gasteiger charge is 2.25. The molecule has 1 aliphatic rings. The zero-order valence-electron chi connectivity index (χ0n) is 14.2. The van der Waals surface area contributed by atoms with Gasteiger partial charge in [-0.1, -0.05) is 62.7 Å². The van der Waals surface area contributed by atoms with Crippen molar-refractivity contribution >= 4 is 0 Å². The lowest BCUT2D eigenvalue weighted by Crippen LogP contribution is -2.28. The van der Waals surface area contributed by atoms with Gasteiger partial charge in [-0.05, 0) is 36.1 Å². The van der Waals surface area contributed by atoms with E-state index in [4.69, 9.17) is 10.5 Å². The Labute approximate surface area is 139 Å². The minimum atomic E-state index is -0.00635. The van der Waals surface area contributed by atoms with Crippen LogP contribution >= 0.6 is 0 Å². The van der Waals surface area contributed by atoms with Crippen LogP contribution in [-0.4, -0.2) is 12.6 Å². The third kappa shape index (κ3) is 3.59. The first-order chi connectivity index (χ1) is 11.1. The highest BCUT2D eigenvalue weighted by molar-refractivity contribution is 5.39. The topological polar surface area (TPSA) is 35.2 Å². The molecule has 1 aliphatic carbocycles. The highest BCUT2D eigenvalue weighted by atomic mass is 16.5. The lowest BCUT2D eigenvalue weighted by Gasteiger charge is -2.26. The van der Waals surface area contributed by atoms with E-state index >= 15 is 0 Å². The Morgan fingerprint density at radius 1 is 0.957 bits per heavy atom. The fourth-order valence-electron chi connectivity index (χ4n) is 3.47. The molecule has 2 unspecified atom stereocenters. The maximum Gasteiger partial charge on any atom is 0.119 e. The maximum atomic E-state index is 6.11. The van der Waals surface area contributed by atoms with Gasteiger partial charge in [0.25, 0.3) is 0 Å². The molecule has 1 saturated carbocycles. The molecule has 0 spiro atoms. The Balaban J connectivity index is 1.67. The molecular weight excluding hydrogens is 282 g/mol. The van der Waals surface area contributed by atoms with Crippen LogP contribution in [0.4, 0.5) is 0 Å². The molecule has 1 fully saturated rings. The summed E-state index contributed by atoms with van der Waals surface area (Å²) in [5.41, 5.74) is 8.73. The van der Waals surface area contributed by atoms with Crippen molar-refractivity contribution in [2.24, 2.45) is 11.7 Å². The standard InChI is InChI=1S/C21H27NO/c1-21(2,17-8-4-3-5-9-17)18-11-13-19(14-12-18)23-15-16-7-6-10-20(16)22/h3-5,8-9,11-14,16,20H,6-7,10,15,22H2,1-2H3. The van der Waals surface area contributed by atoms with Crippen molar-refractivity contribution in [2.75, 3.05) is 6.61 Å². The monoisotopic (exact) mass is 309 g/mol. The van der Waals surface area contributed by atoms with Gasteiger partial charge >= 0.3 is 0 Å². The quantitative estimate of drug-likeness (QED) is 0.881. The SMILES string of the molecule is CC(C)(c1ccccc1)c1ccc(OCC2CCCC2N)cc1. The average molecular weight is 309 g/mol. The predicted molar refractivity (Wildman–Crippen MR) is 95.8 cm³/mol. The van der Waals surface area contributed by atoms with E-state index in [1.54, 1.807) is 0 Å². The Morgan fingerprint density at radius 2 is 1.61 bits per heavy atom. The van der Waals surface area contributed by atoms with E-state index in [0.29, 0.717) is 12.0 Å². The van der Waals surface area contributed by atoms with Gasteiger partial charge in [-0.2, -0.15) is 0 Å². The van der Waals surface area contributed by atoms with Crippen molar-refractivity contribution in [1.82, 2.24) is 0 Å². The molecule has 0 heterocycles. The molecule has 0 aliphatic heterocycles. The van der Waals surface area contributed by atoms with Crippen molar-refractivity contribution in [3.63, 3.8) is 0 Å². The van der Waals surface area contributed by atoms with Gasteiger partial charge in [0.2, 0.25) is 0 Å². The summed E-state index contributed by atoms with van der Waals surface area (Å²) in [7, 11) is 0. The fourth-order valence-corrected chi connectivity index (χ4v) is 3.47. The second kappa shape index (κ2) is 6.76. The third-order valence-electron chi connectivity index (χ3n) is 5.25. The summed E-state index contributed by atoms with van der Waals surface area (Å²) in [6.45, 7) is 5.26. The molecule has 2 atom stereocenters. The van der Waals surface area contributed by atoms with Crippen molar-refractivity contribution < 1.29 is 4.74 Å². The van der Waals surface area contributed by atoms with Crippen molar-refractivity contribution in [3.05, 3.63) is 65.7 Å². The summed E-state index contributed by atoms with van der Waals surface area (Å²) in [5.74, 6) is 1.45. The number of benzene rings is 2. The largest absolute Gasteiger partial charge is 0.493 e. The second-order valence-electron chi connectivity index (χ2n) is 7.18. The summed E-state index contributed by atoms with van der Waals surface area (Å²) < 4.78 is 5.95. The minimum Gasteiger partial charge on any atom is -0.493 e. The molecule has 0 bridgehead atoms. The Morgan fingerprint density at radius 3 is 2.22 bits per heavy atom. The van der Waals surface area contributed by atoms with Crippen LogP contribution in [0.25, 0.3) is 0 Å². The van der Waals surface area contributed by atoms with Crippen LogP contribution in [0, 0.1) is 5.92 Å². The maximum absolute atomic E-state index is 6.11. The second-order valence-corrected chi connectivity index (χ2v) is 7.18. The first-order valence-electron chi connectivity index (χ1n) is 8.62. The van der Waals surface area contributed by atoms with Gasteiger partial charge < -0.3 is 10.5 Å². The lowest BCUT2D eigenvalue weighted by molar-refractivity contribution is 0.239. The van der Waals surface area contributed by atoms with Gasteiger partial charge in [0.15, 0.2) is 0 Å². The van der Waals surface area contributed by atoms with Crippen LogP contribution in [0.5, 0.6) is 5.75 Å². The van der Waals surface area contributed by atoms with E-state index in [1.807, 2.05) is 0 Å². The molecule has 2 heteroatoms. The highest BCUT2D eigenvalue weighted by Crippen LogP contribution is 2.32. The zero-order chi connectivity index (χ0) is 16.3. The molecule has 0 amide bonds. The number of ether oxygens (including phenoxy) is 1. The molecule has 2 N–H and O–H groups in total. The van der Waals surface area contributed by atoms with E-state index < -0.39 is 0 Å². The van der Waals surface area contributed by atoms with Crippen LogP contribution in [-0.2, 0) is 5.41 Å². The molecule has 2 aromatic carbocycles. The van der Waals surface area contributed by atoms with Gasteiger partial charge in [-0.25, -0.2) is 0 Å². The summed E-state index contributed by atoms with van der Waals surface area (Å²) in [6.07, 6.45) is 3.57. The lowest BCUT2D eigenvalue weighted by atomic mass is 9.78. The van der Waals surface area contributed by atoms with Crippen molar-refractivity contribution in [2.45, 2.75) is 44.6 Å². The molecule has 122 valence electrons. The summed E-state index contributed by atoms with van der Waals surface area (Å²) in [5, 5.41) is 0. The predicted octanol–water partition coefficient (Wildman–Crippen LogP) is 4.52. The Bertz CT molecular complexity index is 618. The normalized spacial score (nSPS) is 21.3. The number of rotatable bonds is 5. The van der Waals surface area contributed by atoms with Crippen LogP contribution < -0.4 is 10.5 Å². The van der Waals surface area contributed by atoms with E-state index in [-0.39, 0.29) is 5.41 Å². The molecular formula is C21H27NO. The average Bonchev–Trinajstić information content (AvgIpc) is 2.99. The van der Waals surface area contributed by atoms with Crippen molar-refractivity contribution in [3.8, 4) is 5.75 Å². The molecule has 0 saturated heterocycles. The Kier molecular flexibility index (Phi) is 4.72. The van der Waals surface area contributed by atoms with E-state index in [0.717, 1.165) is 18.8 Å². The summed E-state index contributed by atoms with van der Waals surface area (Å²) in [6, 6.07) is 19.5. The Hall–Kier alpha value is -1.80. The fraction of sp³-hybridized carbons (Fsp3) is 0.429. The van der Waals surface area contributed by atoms with Crippen LogP contribution in [0.3, 0.4) is 0 Å². The van der Waals surface area contributed by atoms with E-state index in [2.05, 4.69) is 68.4 Å². The van der Waals surface area contributed by atoms with Crippen LogP contribution in [0.15, 0.2) is 54.6 Å². The molecule has 3 rings (SSSR count).